The highest BCUT2D eigenvalue weighted by atomic mass is 79.9. The first kappa shape index (κ1) is 22.2. The van der Waals surface area contributed by atoms with Gasteiger partial charge in [-0.25, -0.2) is 19.9 Å². The Morgan fingerprint density at radius 2 is 1.91 bits per heavy atom. The number of nitrogens with zero attached hydrogens (tertiary/aromatic N) is 6. The largest absolute Gasteiger partial charge is 0.396 e. The Kier molecular flexibility index (Phi) is 6.35. The Hall–Kier alpha value is -3.59. The molecule has 2 N–H and O–H groups in total. The van der Waals surface area contributed by atoms with Crippen molar-refractivity contribution in [3.8, 4) is 22.4 Å². The van der Waals surface area contributed by atoms with Crippen molar-refractivity contribution in [2.24, 2.45) is 5.16 Å². The topological polar surface area (TPSA) is 102 Å². The lowest BCUT2D eigenvalue weighted by molar-refractivity contribution is 0.157. The van der Waals surface area contributed by atoms with Crippen molar-refractivity contribution in [2.45, 2.75) is 19.8 Å². The zero-order chi connectivity index (χ0) is 23.5. The lowest BCUT2D eigenvalue weighted by Crippen LogP contribution is -2.34. The molecule has 8 nitrogen and oxygen atoms in total. The molecule has 5 rings (SSSR count). The first-order chi connectivity index (χ1) is 16.6. The van der Waals surface area contributed by atoms with Gasteiger partial charge < -0.3 is 15.5 Å². The van der Waals surface area contributed by atoms with Crippen LogP contribution < -0.4 is 10.6 Å². The van der Waals surface area contributed by atoms with Crippen molar-refractivity contribution in [1.29, 1.82) is 0 Å². The number of benzene rings is 1. The lowest BCUT2D eigenvalue weighted by atomic mass is 10.0. The summed E-state index contributed by atoms with van der Waals surface area (Å²) in [4.78, 5) is 25.5. The highest BCUT2D eigenvalue weighted by Gasteiger charge is 2.18. The van der Waals surface area contributed by atoms with E-state index >= 15 is 0 Å². The van der Waals surface area contributed by atoms with Gasteiger partial charge in [0, 0.05) is 42.2 Å². The molecule has 4 heterocycles. The molecule has 1 aliphatic rings. The lowest BCUT2D eigenvalue weighted by Gasteiger charge is -2.28. The molecule has 1 fully saturated rings. The molecule has 0 spiro atoms. The van der Waals surface area contributed by atoms with E-state index in [9.17, 15) is 0 Å². The van der Waals surface area contributed by atoms with Crippen LogP contribution in [0.3, 0.4) is 0 Å². The quantitative estimate of drug-likeness (QED) is 0.367. The van der Waals surface area contributed by atoms with Crippen molar-refractivity contribution in [1.82, 2.24) is 19.9 Å². The average Bonchev–Trinajstić information content (AvgIpc) is 2.87. The van der Waals surface area contributed by atoms with Crippen LogP contribution in [0.2, 0.25) is 0 Å². The number of hydrogen-bond donors (Lipinski definition) is 1. The molecule has 0 aliphatic carbocycles. The van der Waals surface area contributed by atoms with Crippen LogP contribution in [-0.2, 0) is 4.84 Å². The monoisotopic (exact) mass is 517 g/mol. The second-order valence-corrected chi connectivity index (χ2v) is 8.91. The van der Waals surface area contributed by atoms with Crippen LogP contribution in [0.15, 0.2) is 64.6 Å². The summed E-state index contributed by atoms with van der Waals surface area (Å²) in [6, 6.07) is 14.2. The fraction of sp³-hybridized carbons (Fsp3) is 0.240. The molecule has 0 unspecified atom stereocenters. The maximum absolute atomic E-state index is 6.22. The second kappa shape index (κ2) is 9.72. The smallest absolute Gasteiger partial charge is 0.165 e. The number of oxime groups is 1. The maximum atomic E-state index is 6.22. The summed E-state index contributed by atoms with van der Waals surface area (Å²) in [5.41, 5.74) is 11.5. The number of anilines is 2. The predicted octanol–water partition coefficient (Wildman–Crippen LogP) is 5.09. The van der Waals surface area contributed by atoms with E-state index in [-0.39, 0.29) is 0 Å². The van der Waals surface area contributed by atoms with Gasteiger partial charge in [-0.3, -0.25) is 0 Å². The highest BCUT2D eigenvalue weighted by molar-refractivity contribution is 9.10. The van der Waals surface area contributed by atoms with Gasteiger partial charge in [0.2, 0.25) is 0 Å². The SMILES string of the molecule is CCON=C1CCN(c2ccc(-c3cc(-c4cccc(Br)c4)c4c(N)ncnc4n3)cn2)CC1. The molecule has 0 radical (unpaired) electrons. The van der Waals surface area contributed by atoms with Crippen molar-refractivity contribution < 1.29 is 4.84 Å². The zero-order valence-electron chi connectivity index (χ0n) is 18.8. The van der Waals surface area contributed by atoms with E-state index < -0.39 is 0 Å². The number of piperidine rings is 1. The van der Waals surface area contributed by atoms with Gasteiger partial charge in [0.15, 0.2) is 5.65 Å². The first-order valence-electron chi connectivity index (χ1n) is 11.2. The Balaban J connectivity index is 1.47. The molecule has 172 valence electrons. The maximum Gasteiger partial charge on any atom is 0.165 e. The molecule has 1 aromatic carbocycles. The normalized spacial score (nSPS) is 13.8. The Labute approximate surface area is 206 Å². The van der Waals surface area contributed by atoms with E-state index in [2.05, 4.69) is 42.0 Å². The molecular formula is C25H24BrN7O. The van der Waals surface area contributed by atoms with Gasteiger partial charge in [-0.15, -0.1) is 0 Å². The van der Waals surface area contributed by atoms with Crippen LogP contribution in [0.25, 0.3) is 33.4 Å². The van der Waals surface area contributed by atoms with Crippen molar-refractivity contribution in [2.75, 3.05) is 30.3 Å². The van der Waals surface area contributed by atoms with Gasteiger partial charge in [-0.1, -0.05) is 33.2 Å². The summed E-state index contributed by atoms with van der Waals surface area (Å²) in [7, 11) is 0. The Bertz CT molecular complexity index is 1350. The molecule has 1 aliphatic heterocycles. The van der Waals surface area contributed by atoms with Crippen LogP contribution in [0.5, 0.6) is 0 Å². The van der Waals surface area contributed by atoms with Crippen molar-refractivity contribution in [3.05, 3.63) is 59.5 Å². The molecule has 4 aromatic rings. The molecule has 0 atom stereocenters. The predicted molar refractivity (Wildman–Crippen MR) is 139 cm³/mol. The fourth-order valence-corrected chi connectivity index (χ4v) is 4.48. The van der Waals surface area contributed by atoms with Gasteiger partial charge in [0.25, 0.3) is 0 Å². The van der Waals surface area contributed by atoms with E-state index in [1.165, 1.54) is 6.33 Å². The fourth-order valence-electron chi connectivity index (χ4n) is 4.09. The summed E-state index contributed by atoms with van der Waals surface area (Å²) in [6.45, 7) is 4.28. The molecule has 34 heavy (non-hydrogen) atoms. The number of nitrogens with two attached hydrogens (primary N) is 1. The van der Waals surface area contributed by atoms with Crippen LogP contribution in [-0.4, -0.2) is 45.3 Å². The molecule has 0 bridgehead atoms. The van der Waals surface area contributed by atoms with E-state index in [0.717, 1.165) is 69.7 Å². The molecule has 9 heteroatoms. The van der Waals surface area contributed by atoms with Gasteiger partial charge in [0.05, 0.1) is 16.8 Å². The molecule has 3 aromatic heterocycles. The summed E-state index contributed by atoms with van der Waals surface area (Å²) >= 11 is 3.56. The number of halogens is 1. The molecular weight excluding hydrogens is 494 g/mol. The van der Waals surface area contributed by atoms with Crippen LogP contribution in [0.4, 0.5) is 11.6 Å². The number of hydrogen-bond acceptors (Lipinski definition) is 8. The third-order valence-electron chi connectivity index (χ3n) is 5.80. The molecule has 1 saturated heterocycles. The first-order valence-corrected chi connectivity index (χ1v) is 12.0. The highest BCUT2D eigenvalue weighted by Crippen LogP contribution is 2.34. The van der Waals surface area contributed by atoms with Crippen molar-refractivity contribution >= 4 is 44.3 Å². The summed E-state index contributed by atoms with van der Waals surface area (Å²) < 4.78 is 0.981. The summed E-state index contributed by atoms with van der Waals surface area (Å²) in [6.07, 6.45) is 5.07. The second-order valence-electron chi connectivity index (χ2n) is 7.99. The minimum absolute atomic E-state index is 0.407. The van der Waals surface area contributed by atoms with E-state index in [0.29, 0.717) is 18.1 Å². The van der Waals surface area contributed by atoms with E-state index in [1.807, 2.05) is 49.5 Å². The van der Waals surface area contributed by atoms with E-state index in [1.54, 1.807) is 0 Å². The van der Waals surface area contributed by atoms with Gasteiger partial charge in [0.1, 0.15) is 24.6 Å². The number of rotatable bonds is 5. The average molecular weight is 518 g/mol. The molecule has 0 amide bonds. The Morgan fingerprint density at radius 3 is 2.65 bits per heavy atom. The minimum Gasteiger partial charge on any atom is -0.396 e. The van der Waals surface area contributed by atoms with Gasteiger partial charge >= 0.3 is 0 Å². The number of pyridine rings is 2. The summed E-state index contributed by atoms with van der Waals surface area (Å²) in [5, 5.41) is 4.93. The number of nitrogen functional groups attached to an aromatic ring is 1. The van der Waals surface area contributed by atoms with Gasteiger partial charge in [-0.05, 0) is 48.4 Å². The van der Waals surface area contributed by atoms with Crippen LogP contribution in [0, 0.1) is 0 Å². The van der Waals surface area contributed by atoms with E-state index in [4.69, 9.17) is 20.5 Å². The summed E-state index contributed by atoms with van der Waals surface area (Å²) in [5.74, 6) is 1.35. The zero-order valence-corrected chi connectivity index (χ0v) is 20.4. The van der Waals surface area contributed by atoms with Gasteiger partial charge in [-0.2, -0.15) is 0 Å². The van der Waals surface area contributed by atoms with Crippen LogP contribution in [0.1, 0.15) is 19.8 Å². The molecule has 0 saturated carbocycles. The Morgan fingerprint density at radius 1 is 1.06 bits per heavy atom. The minimum atomic E-state index is 0.407. The third-order valence-corrected chi connectivity index (χ3v) is 6.29. The number of fused-ring (bicyclic) bond motifs is 1. The van der Waals surface area contributed by atoms with Crippen LogP contribution >= 0.6 is 15.9 Å². The number of aromatic nitrogens is 4. The standard InChI is InChI=1S/C25H24BrN7O/c1-2-34-32-19-8-10-33(11-9-19)22-7-6-17(14-28-22)21-13-20(16-4-3-5-18(26)12-16)23-24(27)29-15-30-25(23)31-21/h3-7,12-15H,2,8-11H2,1H3,(H2,27,29,30,31). The third kappa shape index (κ3) is 4.56. The van der Waals surface area contributed by atoms with Crippen molar-refractivity contribution in [3.63, 3.8) is 0 Å².